The third-order valence-electron chi connectivity index (χ3n) is 3.53. The third kappa shape index (κ3) is 4.08. The molecule has 2 nitrogen and oxygen atoms in total. The number of rotatable bonds is 6. The molecule has 0 spiro atoms. The predicted octanol–water partition coefficient (Wildman–Crippen LogP) is 4.22. The molecule has 0 aliphatic carbocycles. The van der Waals surface area contributed by atoms with E-state index in [4.69, 9.17) is 4.74 Å². The first-order valence-corrected chi connectivity index (χ1v) is 7.18. The Kier molecular flexibility index (Phi) is 5.83. The van der Waals surface area contributed by atoms with Crippen molar-refractivity contribution >= 4 is 15.9 Å². The highest BCUT2D eigenvalue weighted by molar-refractivity contribution is 9.10. The smallest absolute Gasteiger partial charge is 0.0623 e. The Morgan fingerprint density at radius 1 is 1.39 bits per heavy atom. The summed E-state index contributed by atoms with van der Waals surface area (Å²) >= 11 is 3.69. The third-order valence-corrected chi connectivity index (χ3v) is 4.62. The summed E-state index contributed by atoms with van der Waals surface area (Å²) in [6.07, 6.45) is 2.08. The van der Waals surface area contributed by atoms with E-state index in [0.717, 1.165) is 12.8 Å². The van der Waals surface area contributed by atoms with Crippen LogP contribution in [0.25, 0.3) is 0 Å². The Morgan fingerprint density at radius 3 is 2.61 bits per heavy atom. The van der Waals surface area contributed by atoms with Gasteiger partial charge in [-0.05, 0) is 51.8 Å². The van der Waals surface area contributed by atoms with Crippen molar-refractivity contribution in [3.8, 4) is 0 Å². The van der Waals surface area contributed by atoms with Gasteiger partial charge in [0, 0.05) is 17.6 Å². The number of nitrogens with one attached hydrogen (secondary N) is 1. The van der Waals surface area contributed by atoms with Gasteiger partial charge in [0.15, 0.2) is 0 Å². The van der Waals surface area contributed by atoms with Crippen LogP contribution in [0, 0.1) is 6.92 Å². The number of ether oxygens (including phenoxy) is 1. The molecule has 1 aromatic carbocycles. The van der Waals surface area contributed by atoms with Crippen molar-refractivity contribution in [2.75, 3.05) is 14.2 Å². The molecule has 102 valence electrons. The first kappa shape index (κ1) is 15.7. The summed E-state index contributed by atoms with van der Waals surface area (Å²) < 4.78 is 6.69. The monoisotopic (exact) mass is 313 g/mol. The largest absolute Gasteiger partial charge is 0.379 e. The topological polar surface area (TPSA) is 21.3 Å². The van der Waals surface area contributed by atoms with Gasteiger partial charge >= 0.3 is 0 Å². The highest BCUT2D eigenvalue weighted by Crippen LogP contribution is 2.30. The van der Waals surface area contributed by atoms with Gasteiger partial charge in [-0.3, -0.25) is 0 Å². The van der Waals surface area contributed by atoms with Crippen LogP contribution in [0.1, 0.15) is 43.9 Å². The molecule has 0 heterocycles. The molecule has 0 bridgehead atoms. The van der Waals surface area contributed by atoms with E-state index in [1.807, 2.05) is 7.05 Å². The molecule has 18 heavy (non-hydrogen) atoms. The zero-order chi connectivity index (χ0) is 13.8. The second-order valence-corrected chi connectivity index (χ2v) is 6.11. The fraction of sp³-hybridized carbons (Fsp3) is 0.600. The van der Waals surface area contributed by atoms with Crippen LogP contribution in [0.5, 0.6) is 0 Å². The van der Waals surface area contributed by atoms with Crippen LogP contribution in [0.15, 0.2) is 22.7 Å². The molecular weight excluding hydrogens is 290 g/mol. The second-order valence-electron chi connectivity index (χ2n) is 5.32. The van der Waals surface area contributed by atoms with Gasteiger partial charge in [0.05, 0.1) is 5.60 Å². The van der Waals surface area contributed by atoms with E-state index in [-0.39, 0.29) is 5.60 Å². The van der Waals surface area contributed by atoms with Gasteiger partial charge in [0.2, 0.25) is 0 Å². The number of aryl methyl sites for hydroxylation is 1. The van der Waals surface area contributed by atoms with Crippen molar-refractivity contribution in [3.05, 3.63) is 33.8 Å². The van der Waals surface area contributed by atoms with Crippen molar-refractivity contribution in [1.82, 2.24) is 5.32 Å². The molecule has 0 saturated carbocycles. The normalized spacial score (nSPS) is 13.7. The van der Waals surface area contributed by atoms with E-state index in [1.54, 1.807) is 7.11 Å². The van der Waals surface area contributed by atoms with E-state index in [2.05, 4.69) is 60.2 Å². The van der Waals surface area contributed by atoms with Crippen LogP contribution in [-0.4, -0.2) is 19.8 Å². The van der Waals surface area contributed by atoms with E-state index >= 15 is 0 Å². The lowest BCUT2D eigenvalue weighted by Crippen LogP contribution is -2.26. The number of halogens is 1. The lowest BCUT2D eigenvalue weighted by Gasteiger charge is -2.26. The van der Waals surface area contributed by atoms with Crippen LogP contribution in [0.2, 0.25) is 0 Å². The molecule has 1 aromatic rings. The minimum atomic E-state index is -0.0641. The number of methoxy groups -OCH3 is 1. The molecule has 0 aliphatic heterocycles. The first-order chi connectivity index (χ1) is 8.41. The maximum absolute atomic E-state index is 5.48. The molecule has 1 atom stereocenters. The summed E-state index contributed by atoms with van der Waals surface area (Å²) in [5.41, 5.74) is 2.54. The van der Waals surface area contributed by atoms with Gasteiger partial charge in [0.1, 0.15) is 0 Å². The molecule has 0 aromatic heterocycles. The van der Waals surface area contributed by atoms with E-state index < -0.39 is 0 Å². The van der Waals surface area contributed by atoms with Crippen LogP contribution in [0.4, 0.5) is 0 Å². The number of hydrogen-bond donors (Lipinski definition) is 1. The van der Waals surface area contributed by atoms with E-state index in [9.17, 15) is 0 Å². The standard InChI is InChI=1S/C15H24BrNO/c1-11-7-6-8-12(14(11)16)13(17-4)9-10-15(2,3)18-5/h6-8,13,17H,9-10H2,1-5H3. The lowest BCUT2D eigenvalue weighted by molar-refractivity contribution is 0.0118. The van der Waals surface area contributed by atoms with Gasteiger partial charge in [-0.15, -0.1) is 0 Å². The Balaban J connectivity index is 2.81. The quantitative estimate of drug-likeness (QED) is 0.849. The molecule has 3 heteroatoms. The number of benzene rings is 1. The van der Waals surface area contributed by atoms with Crippen LogP contribution >= 0.6 is 15.9 Å². The Bertz CT molecular complexity index is 390. The molecule has 0 amide bonds. The Morgan fingerprint density at radius 2 is 2.06 bits per heavy atom. The minimum Gasteiger partial charge on any atom is -0.379 e. The summed E-state index contributed by atoms with van der Waals surface area (Å²) in [6.45, 7) is 6.38. The predicted molar refractivity (Wildman–Crippen MR) is 81.0 cm³/mol. The maximum Gasteiger partial charge on any atom is 0.0623 e. The lowest BCUT2D eigenvalue weighted by atomic mass is 9.94. The summed E-state index contributed by atoms with van der Waals surface area (Å²) in [5, 5.41) is 3.40. The zero-order valence-corrected chi connectivity index (χ0v) is 13.6. The van der Waals surface area contributed by atoms with Crippen molar-refractivity contribution < 1.29 is 4.74 Å². The number of hydrogen-bond acceptors (Lipinski definition) is 2. The van der Waals surface area contributed by atoms with Crippen molar-refractivity contribution in [2.45, 2.75) is 45.3 Å². The molecule has 0 radical (unpaired) electrons. The average Bonchev–Trinajstić information content (AvgIpc) is 2.35. The maximum atomic E-state index is 5.48. The molecular formula is C15H24BrNO. The molecule has 1 unspecified atom stereocenters. The molecule has 0 aliphatic rings. The minimum absolute atomic E-state index is 0.0641. The summed E-state index contributed by atoms with van der Waals surface area (Å²) in [4.78, 5) is 0. The Hall–Kier alpha value is -0.380. The highest BCUT2D eigenvalue weighted by Gasteiger charge is 2.20. The highest BCUT2D eigenvalue weighted by atomic mass is 79.9. The van der Waals surface area contributed by atoms with Crippen LogP contribution in [0.3, 0.4) is 0 Å². The molecule has 0 saturated heterocycles. The fourth-order valence-corrected chi connectivity index (χ4v) is 2.53. The van der Waals surface area contributed by atoms with Gasteiger partial charge in [-0.1, -0.05) is 34.1 Å². The van der Waals surface area contributed by atoms with E-state index in [1.165, 1.54) is 15.6 Å². The molecule has 0 fully saturated rings. The SMILES string of the molecule is CNC(CCC(C)(C)OC)c1cccc(C)c1Br. The van der Waals surface area contributed by atoms with Gasteiger partial charge < -0.3 is 10.1 Å². The summed E-state index contributed by atoms with van der Waals surface area (Å²) in [5.74, 6) is 0. The zero-order valence-electron chi connectivity index (χ0n) is 12.0. The summed E-state index contributed by atoms with van der Waals surface area (Å²) in [7, 11) is 3.79. The van der Waals surface area contributed by atoms with Gasteiger partial charge in [0.25, 0.3) is 0 Å². The molecule has 1 N–H and O–H groups in total. The Labute approximate surface area is 119 Å². The molecule has 1 rings (SSSR count). The van der Waals surface area contributed by atoms with Crippen LogP contribution < -0.4 is 5.32 Å². The van der Waals surface area contributed by atoms with Gasteiger partial charge in [-0.2, -0.15) is 0 Å². The summed E-state index contributed by atoms with van der Waals surface area (Å²) in [6, 6.07) is 6.77. The van der Waals surface area contributed by atoms with Crippen LogP contribution in [-0.2, 0) is 4.74 Å². The van der Waals surface area contributed by atoms with Crippen molar-refractivity contribution in [2.24, 2.45) is 0 Å². The average molecular weight is 314 g/mol. The van der Waals surface area contributed by atoms with Gasteiger partial charge in [-0.25, -0.2) is 0 Å². The van der Waals surface area contributed by atoms with Crippen molar-refractivity contribution in [3.63, 3.8) is 0 Å². The first-order valence-electron chi connectivity index (χ1n) is 6.38. The van der Waals surface area contributed by atoms with Crippen molar-refractivity contribution in [1.29, 1.82) is 0 Å². The fourth-order valence-electron chi connectivity index (χ4n) is 1.99. The van der Waals surface area contributed by atoms with E-state index in [0.29, 0.717) is 6.04 Å². The second kappa shape index (κ2) is 6.69.